The molecule has 0 saturated carbocycles. The maximum atomic E-state index is 13.3. The minimum absolute atomic E-state index is 0.103. The van der Waals surface area contributed by atoms with Gasteiger partial charge in [0.2, 0.25) is 0 Å². The molecule has 0 aromatic heterocycles. The van der Waals surface area contributed by atoms with Crippen LogP contribution in [0.3, 0.4) is 0 Å². The van der Waals surface area contributed by atoms with Gasteiger partial charge in [-0.2, -0.15) is 0 Å². The highest BCUT2D eigenvalue weighted by Gasteiger charge is 2.32. The van der Waals surface area contributed by atoms with E-state index in [9.17, 15) is 14.6 Å². The number of nitrogens with zero attached hydrogens (tertiary/aromatic N) is 1. The van der Waals surface area contributed by atoms with Crippen LogP contribution in [0.25, 0.3) is 0 Å². The lowest BCUT2D eigenvalue weighted by Gasteiger charge is -2.25. The summed E-state index contributed by atoms with van der Waals surface area (Å²) in [7, 11) is 0. The molecular weight excluding hydrogens is 292 g/mol. The summed E-state index contributed by atoms with van der Waals surface area (Å²) in [6, 6.07) is 4.68. The number of rotatable bonds is 4. The Labute approximate surface area is 121 Å². The van der Waals surface area contributed by atoms with Crippen LogP contribution in [0.1, 0.15) is 18.1 Å². The monoisotopic (exact) mass is 307 g/mol. The van der Waals surface area contributed by atoms with Crippen LogP contribution in [0.15, 0.2) is 18.2 Å². The average molecular weight is 308 g/mol. The van der Waals surface area contributed by atoms with Gasteiger partial charge in [-0.1, -0.05) is 29.3 Å². The van der Waals surface area contributed by atoms with Gasteiger partial charge in [-0.05, 0) is 24.1 Å². The number of aliphatic hydroxyl groups excluding tert-OH is 2. The largest absolute Gasteiger partial charge is 0.395 e. The summed E-state index contributed by atoms with van der Waals surface area (Å²) in [4.78, 5) is 1.76. The highest BCUT2D eigenvalue weighted by Crippen LogP contribution is 2.28. The molecule has 1 aliphatic heterocycles. The lowest BCUT2D eigenvalue weighted by atomic mass is 10.1. The molecule has 3 atom stereocenters. The summed E-state index contributed by atoms with van der Waals surface area (Å²) in [5.74, 6) is 0. The first-order valence-electron chi connectivity index (χ1n) is 6.13. The molecule has 1 heterocycles. The van der Waals surface area contributed by atoms with Gasteiger partial charge in [-0.25, -0.2) is 4.39 Å². The van der Waals surface area contributed by atoms with E-state index in [1.54, 1.807) is 23.1 Å². The zero-order valence-corrected chi connectivity index (χ0v) is 11.8. The van der Waals surface area contributed by atoms with Gasteiger partial charge in [0.25, 0.3) is 0 Å². The summed E-state index contributed by atoms with van der Waals surface area (Å²) in [5.41, 5.74) is 0.633. The highest BCUT2D eigenvalue weighted by molar-refractivity contribution is 6.42. The normalized spacial score (nSPS) is 25.7. The SMILES string of the molecule is OCC1CC(F)CN1C[C@H](O)c1ccc(Cl)c(Cl)c1. The summed E-state index contributed by atoms with van der Waals surface area (Å²) in [5, 5.41) is 20.1. The maximum Gasteiger partial charge on any atom is 0.114 e. The number of likely N-dealkylation sites (tertiary alicyclic amines) is 1. The van der Waals surface area contributed by atoms with Crippen molar-refractivity contribution in [3.05, 3.63) is 33.8 Å². The lowest BCUT2D eigenvalue weighted by Crippen LogP contribution is -2.35. The second kappa shape index (κ2) is 6.37. The van der Waals surface area contributed by atoms with Crippen LogP contribution in [-0.4, -0.2) is 47.0 Å². The second-order valence-corrected chi connectivity index (χ2v) is 5.63. The van der Waals surface area contributed by atoms with Crippen molar-refractivity contribution in [3.8, 4) is 0 Å². The fourth-order valence-electron chi connectivity index (χ4n) is 2.38. The molecule has 6 heteroatoms. The first kappa shape index (κ1) is 15.0. The highest BCUT2D eigenvalue weighted by atomic mass is 35.5. The number of hydrogen-bond acceptors (Lipinski definition) is 3. The van der Waals surface area contributed by atoms with Crippen molar-refractivity contribution in [2.75, 3.05) is 19.7 Å². The number of β-amino-alcohol motifs (C(OH)–C–C–N with tert-alkyl or cyclic N) is 1. The summed E-state index contributed by atoms with van der Waals surface area (Å²) in [6.45, 7) is 0.404. The Morgan fingerprint density at radius 1 is 1.37 bits per heavy atom. The van der Waals surface area contributed by atoms with E-state index in [0.29, 0.717) is 22.0 Å². The molecule has 0 amide bonds. The molecule has 19 heavy (non-hydrogen) atoms. The van der Waals surface area contributed by atoms with Crippen LogP contribution in [0, 0.1) is 0 Å². The van der Waals surface area contributed by atoms with Crippen molar-refractivity contribution in [1.29, 1.82) is 0 Å². The van der Waals surface area contributed by atoms with E-state index < -0.39 is 12.3 Å². The van der Waals surface area contributed by atoms with Crippen LogP contribution in [0.5, 0.6) is 0 Å². The minimum atomic E-state index is -0.946. The van der Waals surface area contributed by atoms with Crippen LogP contribution >= 0.6 is 23.2 Å². The van der Waals surface area contributed by atoms with Crippen LogP contribution in [0.4, 0.5) is 4.39 Å². The third-order valence-electron chi connectivity index (χ3n) is 3.42. The Balaban J connectivity index is 2.04. The van der Waals surface area contributed by atoms with Gasteiger partial charge in [-0.3, -0.25) is 4.90 Å². The molecule has 1 fully saturated rings. The molecule has 0 bridgehead atoms. The standard InChI is InChI=1S/C13H16Cl2FNO2/c14-11-2-1-8(3-12(11)15)13(19)6-17-5-9(16)4-10(17)7-18/h1-3,9-10,13,18-19H,4-7H2/t9?,10?,13-/m0/s1. The van der Waals surface area contributed by atoms with Gasteiger partial charge in [0.05, 0.1) is 22.8 Å². The van der Waals surface area contributed by atoms with Crippen molar-refractivity contribution in [2.45, 2.75) is 24.7 Å². The minimum Gasteiger partial charge on any atom is -0.395 e. The van der Waals surface area contributed by atoms with Crippen molar-refractivity contribution in [3.63, 3.8) is 0 Å². The van der Waals surface area contributed by atoms with Crippen molar-refractivity contribution >= 4 is 23.2 Å². The topological polar surface area (TPSA) is 43.7 Å². The molecule has 0 aliphatic carbocycles. The van der Waals surface area contributed by atoms with E-state index in [0.717, 1.165) is 0 Å². The number of halogens is 3. The van der Waals surface area contributed by atoms with E-state index in [1.807, 2.05) is 0 Å². The quantitative estimate of drug-likeness (QED) is 0.898. The summed E-state index contributed by atoms with van der Waals surface area (Å²) < 4.78 is 13.3. The average Bonchev–Trinajstić information content (AvgIpc) is 2.72. The molecule has 1 aromatic carbocycles. The van der Waals surface area contributed by atoms with Gasteiger partial charge in [-0.15, -0.1) is 0 Å². The van der Waals surface area contributed by atoms with Crippen LogP contribution < -0.4 is 0 Å². The summed E-state index contributed by atoms with van der Waals surface area (Å²) in [6.07, 6.45) is -1.42. The third kappa shape index (κ3) is 3.58. The van der Waals surface area contributed by atoms with Crippen molar-refractivity contribution in [1.82, 2.24) is 4.90 Å². The molecule has 2 unspecified atom stereocenters. The van der Waals surface area contributed by atoms with E-state index >= 15 is 0 Å². The Morgan fingerprint density at radius 3 is 2.74 bits per heavy atom. The smallest absolute Gasteiger partial charge is 0.114 e. The molecule has 0 spiro atoms. The fraction of sp³-hybridized carbons (Fsp3) is 0.538. The van der Waals surface area contributed by atoms with Gasteiger partial charge in [0, 0.05) is 19.1 Å². The van der Waals surface area contributed by atoms with E-state index in [2.05, 4.69) is 0 Å². The van der Waals surface area contributed by atoms with E-state index in [-0.39, 0.29) is 25.7 Å². The van der Waals surface area contributed by atoms with Gasteiger partial charge in [0.15, 0.2) is 0 Å². The first-order valence-corrected chi connectivity index (χ1v) is 6.89. The molecular formula is C13H16Cl2FNO2. The zero-order valence-electron chi connectivity index (χ0n) is 10.3. The van der Waals surface area contributed by atoms with Gasteiger partial charge in [0.1, 0.15) is 6.17 Å². The third-order valence-corrected chi connectivity index (χ3v) is 4.16. The predicted octanol–water partition coefficient (Wildman–Crippen LogP) is 2.43. The number of hydrogen-bond donors (Lipinski definition) is 2. The van der Waals surface area contributed by atoms with E-state index in [1.165, 1.54) is 0 Å². The maximum absolute atomic E-state index is 13.3. The predicted molar refractivity (Wildman–Crippen MR) is 73.4 cm³/mol. The Morgan fingerprint density at radius 2 is 2.11 bits per heavy atom. The van der Waals surface area contributed by atoms with Crippen molar-refractivity contribution < 1.29 is 14.6 Å². The molecule has 1 aromatic rings. The van der Waals surface area contributed by atoms with E-state index in [4.69, 9.17) is 23.2 Å². The fourth-order valence-corrected chi connectivity index (χ4v) is 2.69. The number of alkyl halides is 1. The van der Waals surface area contributed by atoms with Gasteiger partial charge < -0.3 is 10.2 Å². The molecule has 1 aliphatic rings. The number of benzene rings is 1. The van der Waals surface area contributed by atoms with Gasteiger partial charge >= 0.3 is 0 Å². The molecule has 3 nitrogen and oxygen atoms in total. The molecule has 0 radical (unpaired) electrons. The Kier molecular flexibility index (Phi) is 5.03. The molecule has 2 N–H and O–H groups in total. The van der Waals surface area contributed by atoms with Crippen LogP contribution in [0.2, 0.25) is 10.0 Å². The lowest BCUT2D eigenvalue weighted by molar-refractivity contribution is 0.0839. The van der Waals surface area contributed by atoms with Crippen LogP contribution in [-0.2, 0) is 0 Å². The Bertz CT molecular complexity index is 447. The Hall–Kier alpha value is -0.390. The second-order valence-electron chi connectivity index (χ2n) is 4.81. The number of aliphatic hydroxyl groups is 2. The summed E-state index contributed by atoms with van der Waals surface area (Å²) >= 11 is 11.7. The molecule has 1 saturated heterocycles. The first-order chi connectivity index (χ1) is 9.01. The molecule has 2 rings (SSSR count). The van der Waals surface area contributed by atoms with Crippen molar-refractivity contribution in [2.24, 2.45) is 0 Å². The molecule has 106 valence electrons. The zero-order chi connectivity index (χ0) is 14.0.